The van der Waals surface area contributed by atoms with Crippen LogP contribution in [0.15, 0.2) is 0 Å². The van der Waals surface area contributed by atoms with Crippen molar-refractivity contribution in [2.24, 2.45) is 23.2 Å². The minimum Gasteiger partial charge on any atom is -0.349 e. The monoisotopic (exact) mass is 306 g/mol. The molecular weight excluding hydrogens is 272 g/mol. The maximum atomic E-state index is 12.4. The van der Waals surface area contributed by atoms with Crippen molar-refractivity contribution in [2.45, 2.75) is 77.7 Å². The van der Waals surface area contributed by atoms with Crippen molar-refractivity contribution in [1.29, 1.82) is 0 Å². The van der Waals surface area contributed by atoms with Gasteiger partial charge in [-0.05, 0) is 68.7 Å². The average molecular weight is 306 g/mol. The van der Waals surface area contributed by atoms with Gasteiger partial charge in [-0.25, -0.2) is 0 Å². The lowest BCUT2D eigenvalue weighted by molar-refractivity contribution is -0.124. The Hall–Kier alpha value is -0.570. The first-order chi connectivity index (χ1) is 10.4. The molecule has 3 fully saturated rings. The van der Waals surface area contributed by atoms with Gasteiger partial charge in [0, 0.05) is 5.54 Å². The Morgan fingerprint density at radius 1 is 1.00 bits per heavy atom. The van der Waals surface area contributed by atoms with Gasteiger partial charge in [0.05, 0.1) is 6.54 Å². The van der Waals surface area contributed by atoms with E-state index in [0.29, 0.717) is 12.5 Å². The smallest absolute Gasteiger partial charge is 0.234 e. The number of hydrogen-bond donors (Lipinski definition) is 2. The van der Waals surface area contributed by atoms with Gasteiger partial charge >= 0.3 is 0 Å². The van der Waals surface area contributed by atoms with Crippen LogP contribution in [0.4, 0.5) is 0 Å². The molecule has 3 nitrogen and oxygen atoms in total. The molecule has 0 spiro atoms. The summed E-state index contributed by atoms with van der Waals surface area (Å²) < 4.78 is 0. The Balaban J connectivity index is 1.47. The Morgan fingerprint density at radius 2 is 1.68 bits per heavy atom. The third-order valence-corrected chi connectivity index (χ3v) is 7.45. The molecule has 126 valence electrons. The predicted molar refractivity (Wildman–Crippen MR) is 90.6 cm³/mol. The van der Waals surface area contributed by atoms with E-state index in [1.165, 1.54) is 51.4 Å². The Bertz CT molecular complexity index is 414. The zero-order chi connectivity index (χ0) is 15.8. The van der Waals surface area contributed by atoms with Crippen molar-refractivity contribution in [3.63, 3.8) is 0 Å². The van der Waals surface area contributed by atoms with E-state index in [0.717, 1.165) is 18.4 Å². The van der Waals surface area contributed by atoms with Gasteiger partial charge in [0.15, 0.2) is 0 Å². The van der Waals surface area contributed by atoms with E-state index in [2.05, 4.69) is 31.4 Å². The van der Waals surface area contributed by atoms with E-state index in [-0.39, 0.29) is 16.9 Å². The van der Waals surface area contributed by atoms with Crippen LogP contribution in [-0.2, 0) is 4.79 Å². The molecule has 0 unspecified atom stereocenters. The number of fused-ring (bicyclic) bond motifs is 2. The zero-order valence-corrected chi connectivity index (χ0v) is 14.7. The molecule has 3 aliphatic rings. The molecule has 2 N–H and O–H groups in total. The van der Waals surface area contributed by atoms with Crippen LogP contribution < -0.4 is 10.6 Å². The lowest BCUT2D eigenvalue weighted by atomic mass is 9.64. The molecule has 0 aliphatic heterocycles. The first-order valence-corrected chi connectivity index (χ1v) is 9.45. The van der Waals surface area contributed by atoms with Gasteiger partial charge < -0.3 is 10.6 Å². The summed E-state index contributed by atoms with van der Waals surface area (Å²) in [5, 5.41) is 6.82. The standard InChI is InChI=1S/C19H34N2O/c1-18(2)15-9-10-16(11-15)19(18,3)21-17(22)13-20-12-14-7-5-4-6-8-14/h14-16,20H,4-13H2,1-3H3,(H,21,22)/t15-,16-,19-/m0/s1. The first-order valence-electron chi connectivity index (χ1n) is 9.45. The largest absolute Gasteiger partial charge is 0.349 e. The van der Waals surface area contributed by atoms with Crippen LogP contribution in [0, 0.1) is 23.2 Å². The highest BCUT2D eigenvalue weighted by Crippen LogP contribution is 2.61. The van der Waals surface area contributed by atoms with Crippen LogP contribution in [0.3, 0.4) is 0 Å². The number of rotatable bonds is 5. The van der Waals surface area contributed by atoms with Gasteiger partial charge in [-0.1, -0.05) is 33.1 Å². The summed E-state index contributed by atoms with van der Waals surface area (Å²) in [4.78, 5) is 12.4. The van der Waals surface area contributed by atoms with Crippen LogP contribution in [-0.4, -0.2) is 24.5 Å². The molecule has 0 radical (unpaired) electrons. The molecule has 3 aliphatic carbocycles. The molecule has 1 amide bonds. The van der Waals surface area contributed by atoms with Gasteiger partial charge in [-0.3, -0.25) is 4.79 Å². The maximum Gasteiger partial charge on any atom is 0.234 e. The van der Waals surface area contributed by atoms with Gasteiger partial charge in [-0.2, -0.15) is 0 Å². The zero-order valence-electron chi connectivity index (χ0n) is 14.7. The quantitative estimate of drug-likeness (QED) is 0.816. The average Bonchev–Trinajstić information content (AvgIpc) is 3.03. The predicted octanol–water partition coefficient (Wildman–Crippen LogP) is 3.49. The molecule has 0 aromatic heterocycles. The molecule has 2 bridgehead atoms. The molecule has 3 rings (SSSR count). The highest BCUT2D eigenvalue weighted by atomic mass is 16.2. The maximum absolute atomic E-state index is 12.4. The molecule has 22 heavy (non-hydrogen) atoms. The lowest BCUT2D eigenvalue weighted by Gasteiger charge is -2.48. The summed E-state index contributed by atoms with van der Waals surface area (Å²) in [6.07, 6.45) is 10.8. The van der Waals surface area contributed by atoms with Crippen LogP contribution >= 0.6 is 0 Å². The van der Waals surface area contributed by atoms with E-state index < -0.39 is 0 Å². The second kappa shape index (κ2) is 6.14. The second-order valence-electron chi connectivity index (χ2n) is 8.81. The normalized spacial score (nSPS) is 37.4. The van der Waals surface area contributed by atoms with E-state index in [1.54, 1.807) is 0 Å². The minimum absolute atomic E-state index is 0.0144. The Kier molecular flexibility index (Phi) is 4.55. The summed E-state index contributed by atoms with van der Waals surface area (Å²) in [5.41, 5.74) is 0.217. The highest BCUT2D eigenvalue weighted by molar-refractivity contribution is 5.79. The van der Waals surface area contributed by atoms with Crippen molar-refractivity contribution in [3.8, 4) is 0 Å². The van der Waals surface area contributed by atoms with Gasteiger partial charge in [0.25, 0.3) is 0 Å². The van der Waals surface area contributed by atoms with E-state index in [1.807, 2.05) is 0 Å². The molecule has 0 heterocycles. The number of nitrogens with one attached hydrogen (secondary N) is 2. The van der Waals surface area contributed by atoms with Crippen molar-refractivity contribution in [3.05, 3.63) is 0 Å². The molecule has 3 heteroatoms. The van der Waals surface area contributed by atoms with E-state index in [4.69, 9.17) is 0 Å². The summed E-state index contributed by atoms with van der Waals surface area (Å²) in [6, 6.07) is 0. The lowest BCUT2D eigenvalue weighted by Crippen LogP contribution is -2.60. The SMILES string of the molecule is CC1(C)[C@H]2CC[C@@H](C2)[C@]1(C)NC(=O)CNCC1CCCCC1. The van der Waals surface area contributed by atoms with Crippen LogP contribution in [0.1, 0.15) is 72.1 Å². The topological polar surface area (TPSA) is 41.1 Å². The van der Waals surface area contributed by atoms with Gasteiger partial charge in [0.2, 0.25) is 5.91 Å². The summed E-state index contributed by atoms with van der Waals surface area (Å²) in [7, 11) is 0. The van der Waals surface area contributed by atoms with Crippen molar-refractivity contribution in [1.82, 2.24) is 10.6 Å². The first kappa shape index (κ1) is 16.3. The summed E-state index contributed by atoms with van der Waals surface area (Å²) in [5.74, 6) is 2.45. The third-order valence-electron chi connectivity index (χ3n) is 7.45. The van der Waals surface area contributed by atoms with Crippen LogP contribution in [0.5, 0.6) is 0 Å². The van der Waals surface area contributed by atoms with Gasteiger partial charge in [0.1, 0.15) is 0 Å². The van der Waals surface area contributed by atoms with Crippen molar-refractivity contribution < 1.29 is 4.79 Å². The summed E-state index contributed by atoms with van der Waals surface area (Å²) in [6.45, 7) is 8.49. The van der Waals surface area contributed by atoms with Gasteiger partial charge in [-0.15, -0.1) is 0 Å². The fourth-order valence-electron chi connectivity index (χ4n) is 5.49. The molecular formula is C19H34N2O. The third kappa shape index (κ3) is 2.81. The van der Waals surface area contributed by atoms with Crippen LogP contribution in [0.25, 0.3) is 0 Å². The van der Waals surface area contributed by atoms with E-state index >= 15 is 0 Å². The highest BCUT2D eigenvalue weighted by Gasteiger charge is 2.60. The molecule has 3 atom stereocenters. The van der Waals surface area contributed by atoms with E-state index in [9.17, 15) is 4.79 Å². The Labute approximate surface area is 136 Å². The van der Waals surface area contributed by atoms with Crippen molar-refractivity contribution in [2.75, 3.05) is 13.1 Å². The molecule has 0 aromatic carbocycles. The number of amides is 1. The minimum atomic E-state index is -0.0144. The molecule has 0 saturated heterocycles. The fourth-order valence-corrected chi connectivity index (χ4v) is 5.49. The number of hydrogen-bond acceptors (Lipinski definition) is 2. The number of carbonyl (C=O) groups excluding carboxylic acids is 1. The summed E-state index contributed by atoms with van der Waals surface area (Å²) >= 11 is 0. The van der Waals surface area contributed by atoms with Crippen molar-refractivity contribution >= 4 is 5.91 Å². The fraction of sp³-hybridized carbons (Fsp3) is 0.947. The Morgan fingerprint density at radius 3 is 2.32 bits per heavy atom. The molecule has 0 aromatic rings. The van der Waals surface area contributed by atoms with Crippen LogP contribution in [0.2, 0.25) is 0 Å². The molecule has 3 saturated carbocycles. The number of carbonyl (C=O) groups is 1. The second-order valence-corrected chi connectivity index (χ2v) is 8.81.